The van der Waals surface area contributed by atoms with Crippen LogP contribution in [0.5, 0.6) is 5.75 Å². The fourth-order valence-corrected chi connectivity index (χ4v) is 2.36. The Balaban J connectivity index is 1.79. The van der Waals surface area contributed by atoms with Gasteiger partial charge in [-0.05, 0) is 37.1 Å². The lowest BCUT2D eigenvalue weighted by Gasteiger charge is -2.17. The molecule has 4 heteroatoms. The summed E-state index contributed by atoms with van der Waals surface area (Å²) in [5.74, 6) is 0.879. The minimum absolute atomic E-state index is 0.197. The van der Waals surface area contributed by atoms with E-state index in [4.69, 9.17) is 14.2 Å². The lowest BCUT2D eigenvalue weighted by molar-refractivity contribution is -0.133. The van der Waals surface area contributed by atoms with Gasteiger partial charge in [0.25, 0.3) is 0 Å². The zero-order valence-electron chi connectivity index (χ0n) is 14.5. The summed E-state index contributed by atoms with van der Waals surface area (Å²) in [6.07, 6.45) is -0.197. The average Bonchev–Trinajstić information content (AvgIpc) is 2.62. The number of nitrogens with one attached hydrogen (secondary N) is 1. The minimum atomic E-state index is -0.197. The SMILES string of the molecule is CCOC(CNCc1cccc(OCc2ccccc2)c1)OCC. The van der Waals surface area contributed by atoms with Crippen LogP contribution >= 0.6 is 0 Å². The number of rotatable bonds is 11. The van der Waals surface area contributed by atoms with Crippen molar-refractivity contribution in [2.45, 2.75) is 33.3 Å². The molecule has 0 aliphatic heterocycles. The van der Waals surface area contributed by atoms with E-state index in [2.05, 4.69) is 29.6 Å². The molecular weight excluding hydrogens is 302 g/mol. The van der Waals surface area contributed by atoms with Crippen LogP contribution in [0.15, 0.2) is 54.6 Å². The second kappa shape index (κ2) is 10.8. The molecule has 0 radical (unpaired) electrons. The number of ether oxygens (including phenoxy) is 3. The van der Waals surface area contributed by atoms with Crippen molar-refractivity contribution in [3.05, 3.63) is 65.7 Å². The highest BCUT2D eigenvalue weighted by Crippen LogP contribution is 2.15. The van der Waals surface area contributed by atoms with E-state index in [1.54, 1.807) is 0 Å². The molecular formula is C20H27NO3. The van der Waals surface area contributed by atoms with E-state index >= 15 is 0 Å². The molecule has 0 bridgehead atoms. The molecule has 0 aromatic heterocycles. The second-order valence-corrected chi connectivity index (χ2v) is 5.39. The first-order valence-corrected chi connectivity index (χ1v) is 8.51. The van der Waals surface area contributed by atoms with Crippen LogP contribution in [0.2, 0.25) is 0 Å². The van der Waals surface area contributed by atoms with Gasteiger partial charge >= 0.3 is 0 Å². The summed E-state index contributed by atoms with van der Waals surface area (Å²) >= 11 is 0. The molecule has 0 spiro atoms. The van der Waals surface area contributed by atoms with E-state index in [0.717, 1.165) is 17.9 Å². The molecule has 0 aliphatic rings. The van der Waals surface area contributed by atoms with Gasteiger partial charge in [-0.2, -0.15) is 0 Å². The summed E-state index contributed by atoms with van der Waals surface area (Å²) in [4.78, 5) is 0. The summed E-state index contributed by atoms with van der Waals surface area (Å²) in [7, 11) is 0. The standard InChI is InChI=1S/C20H27NO3/c1-3-22-20(23-4-2)15-21-14-18-11-8-12-19(13-18)24-16-17-9-6-5-7-10-17/h5-13,20-21H,3-4,14-16H2,1-2H3. The van der Waals surface area contributed by atoms with Gasteiger partial charge in [0, 0.05) is 26.3 Å². The predicted molar refractivity (Wildman–Crippen MR) is 96.0 cm³/mol. The van der Waals surface area contributed by atoms with Crippen LogP contribution in [0.4, 0.5) is 0 Å². The van der Waals surface area contributed by atoms with Gasteiger partial charge in [0.05, 0.1) is 0 Å². The molecule has 0 saturated carbocycles. The predicted octanol–water partition coefficient (Wildman–Crippen LogP) is 3.75. The van der Waals surface area contributed by atoms with E-state index in [-0.39, 0.29) is 6.29 Å². The molecule has 4 nitrogen and oxygen atoms in total. The third-order valence-electron chi connectivity index (χ3n) is 3.49. The molecule has 2 aromatic rings. The zero-order valence-corrected chi connectivity index (χ0v) is 14.5. The summed E-state index contributed by atoms with van der Waals surface area (Å²) in [6.45, 7) is 7.23. The molecule has 130 valence electrons. The van der Waals surface area contributed by atoms with Crippen LogP contribution in [0, 0.1) is 0 Å². The molecule has 0 amide bonds. The Bertz CT molecular complexity index is 568. The zero-order chi connectivity index (χ0) is 17.0. The molecule has 1 N–H and O–H groups in total. The van der Waals surface area contributed by atoms with Gasteiger partial charge in [-0.25, -0.2) is 0 Å². The lowest BCUT2D eigenvalue weighted by Crippen LogP contribution is -2.31. The van der Waals surface area contributed by atoms with Crippen LogP contribution in [-0.4, -0.2) is 26.0 Å². The van der Waals surface area contributed by atoms with Crippen LogP contribution in [0.3, 0.4) is 0 Å². The topological polar surface area (TPSA) is 39.7 Å². The molecule has 0 saturated heterocycles. The van der Waals surface area contributed by atoms with Gasteiger partial charge in [-0.1, -0.05) is 42.5 Å². The molecule has 0 fully saturated rings. The lowest BCUT2D eigenvalue weighted by atomic mass is 10.2. The van der Waals surface area contributed by atoms with Gasteiger partial charge in [-0.15, -0.1) is 0 Å². The highest BCUT2D eigenvalue weighted by atomic mass is 16.7. The highest BCUT2D eigenvalue weighted by Gasteiger charge is 2.07. The van der Waals surface area contributed by atoms with Crippen LogP contribution < -0.4 is 10.1 Å². The maximum Gasteiger partial charge on any atom is 0.169 e. The van der Waals surface area contributed by atoms with Crippen molar-refractivity contribution < 1.29 is 14.2 Å². The third-order valence-corrected chi connectivity index (χ3v) is 3.49. The Morgan fingerprint density at radius 1 is 0.875 bits per heavy atom. The van der Waals surface area contributed by atoms with Crippen molar-refractivity contribution in [2.24, 2.45) is 0 Å². The monoisotopic (exact) mass is 329 g/mol. The molecule has 0 atom stereocenters. The Hall–Kier alpha value is -1.88. The summed E-state index contributed by atoms with van der Waals surface area (Å²) in [5.41, 5.74) is 2.34. The number of hydrogen-bond acceptors (Lipinski definition) is 4. The first kappa shape index (κ1) is 18.5. The van der Waals surface area contributed by atoms with E-state index in [9.17, 15) is 0 Å². The maximum absolute atomic E-state index is 5.86. The van der Waals surface area contributed by atoms with Gasteiger partial charge in [-0.3, -0.25) is 0 Å². The van der Waals surface area contributed by atoms with Crippen molar-refractivity contribution in [1.82, 2.24) is 5.32 Å². The molecule has 0 aliphatic carbocycles. The van der Waals surface area contributed by atoms with Crippen LogP contribution in [-0.2, 0) is 22.6 Å². The number of hydrogen-bond donors (Lipinski definition) is 1. The van der Waals surface area contributed by atoms with Gasteiger partial charge in [0.2, 0.25) is 0 Å². The normalized spacial score (nSPS) is 11.0. The molecule has 2 aromatic carbocycles. The van der Waals surface area contributed by atoms with Crippen LogP contribution in [0.25, 0.3) is 0 Å². The van der Waals surface area contributed by atoms with E-state index in [1.807, 2.05) is 44.2 Å². The van der Waals surface area contributed by atoms with Gasteiger partial charge < -0.3 is 19.5 Å². The fraction of sp³-hybridized carbons (Fsp3) is 0.400. The smallest absolute Gasteiger partial charge is 0.169 e. The highest BCUT2D eigenvalue weighted by molar-refractivity contribution is 5.29. The maximum atomic E-state index is 5.86. The molecule has 0 unspecified atom stereocenters. The second-order valence-electron chi connectivity index (χ2n) is 5.39. The van der Waals surface area contributed by atoms with E-state index in [1.165, 1.54) is 5.56 Å². The largest absolute Gasteiger partial charge is 0.489 e. The fourth-order valence-electron chi connectivity index (χ4n) is 2.36. The van der Waals surface area contributed by atoms with Gasteiger partial charge in [0.1, 0.15) is 12.4 Å². The van der Waals surface area contributed by atoms with Crippen molar-refractivity contribution in [2.75, 3.05) is 19.8 Å². The average molecular weight is 329 g/mol. The number of benzene rings is 2. The van der Waals surface area contributed by atoms with Gasteiger partial charge in [0.15, 0.2) is 6.29 Å². The van der Waals surface area contributed by atoms with Crippen molar-refractivity contribution in [1.29, 1.82) is 0 Å². The quantitative estimate of drug-likeness (QED) is 0.637. The summed E-state index contributed by atoms with van der Waals surface area (Å²) in [6, 6.07) is 18.3. The Morgan fingerprint density at radius 3 is 2.29 bits per heavy atom. The molecule has 2 rings (SSSR count). The van der Waals surface area contributed by atoms with Crippen LogP contribution in [0.1, 0.15) is 25.0 Å². The summed E-state index contributed by atoms with van der Waals surface area (Å²) < 4.78 is 16.9. The Labute approximate surface area is 144 Å². The van der Waals surface area contributed by atoms with E-state index < -0.39 is 0 Å². The Morgan fingerprint density at radius 2 is 1.58 bits per heavy atom. The summed E-state index contributed by atoms with van der Waals surface area (Å²) in [5, 5.41) is 3.37. The Kier molecular flexibility index (Phi) is 8.32. The first-order chi connectivity index (χ1) is 11.8. The van der Waals surface area contributed by atoms with Crippen molar-refractivity contribution in [3.63, 3.8) is 0 Å². The first-order valence-electron chi connectivity index (χ1n) is 8.51. The molecule has 24 heavy (non-hydrogen) atoms. The minimum Gasteiger partial charge on any atom is -0.489 e. The third kappa shape index (κ3) is 6.71. The molecule has 0 heterocycles. The van der Waals surface area contributed by atoms with Crippen molar-refractivity contribution in [3.8, 4) is 5.75 Å². The van der Waals surface area contributed by atoms with Crippen molar-refractivity contribution >= 4 is 0 Å². The van der Waals surface area contributed by atoms with E-state index in [0.29, 0.717) is 26.4 Å².